The van der Waals surface area contributed by atoms with Crippen LogP contribution in [0.2, 0.25) is 0 Å². The number of anilines is 2. The van der Waals surface area contributed by atoms with E-state index < -0.39 is 0 Å². The van der Waals surface area contributed by atoms with Crippen LogP contribution in [-0.4, -0.2) is 13.2 Å². The van der Waals surface area contributed by atoms with Crippen molar-refractivity contribution in [3.63, 3.8) is 0 Å². The highest BCUT2D eigenvalue weighted by Gasteiger charge is 2.19. The van der Waals surface area contributed by atoms with E-state index in [1.807, 2.05) is 24.3 Å². The van der Waals surface area contributed by atoms with Crippen LogP contribution in [-0.2, 0) is 5.88 Å². The van der Waals surface area contributed by atoms with Gasteiger partial charge in [0.1, 0.15) is 11.6 Å². The van der Waals surface area contributed by atoms with E-state index in [9.17, 15) is 4.39 Å². The number of halogens is 2. The molecule has 0 atom stereocenters. The minimum Gasteiger partial charge on any atom is -0.491 e. The van der Waals surface area contributed by atoms with E-state index in [0.29, 0.717) is 6.61 Å². The van der Waals surface area contributed by atoms with E-state index in [1.165, 1.54) is 12.1 Å². The Morgan fingerprint density at radius 1 is 1.15 bits per heavy atom. The van der Waals surface area contributed by atoms with E-state index in [2.05, 4.69) is 4.90 Å². The first-order chi connectivity index (χ1) is 9.79. The summed E-state index contributed by atoms with van der Waals surface area (Å²) in [6.07, 6.45) is 0.910. The Labute approximate surface area is 122 Å². The molecule has 1 heterocycles. The van der Waals surface area contributed by atoms with Crippen molar-refractivity contribution < 1.29 is 9.13 Å². The molecule has 20 heavy (non-hydrogen) atoms. The van der Waals surface area contributed by atoms with Gasteiger partial charge in [0.05, 0.1) is 12.3 Å². The Kier molecular flexibility index (Phi) is 3.79. The second-order valence-electron chi connectivity index (χ2n) is 4.73. The topological polar surface area (TPSA) is 12.5 Å². The lowest BCUT2D eigenvalue weighted by Crippen LogP contribution is -2.19. The lowest BCUT2D eigenvalue weighted by atomic mass is 10.1. The molecule has 3 rings (SSSR count). The molecule has 4 heteroatoms. The summed E-state index contributed by atoms with van der Waals surface area (Å²) < 4.78 is 19.1. The molecular weight excluding hydrogens is 277 g/mol. The summed E-state index contributed by atoms with van der Waals surface area (Å²) in [6.45, 7) is 1.51. The zero-order valence-electron chi connectivity index (χ0n) is 11.0. The summed E-state index contributed by atoms with van der Waals surface area (Å²) in [7, 11) is 0. The van der Waals surface area contributed by atoms with Crippen molar-refractivity contribution in [3.05, 3.63) is 53.8 Å². The molecule has 0 bridgehead atoms. The monoisotopic (exact) mass is 291 g/mol. The van der Waals surface area contributed by atoms with Gasteiger partial charge in [-0.25, -0.2) is 4.39 Å². The standard InChI is InChI=1S/C16H15ClFNO/c17-11-12-10-13(18)6-7-14(12)19-8-3-9-20-16-5-2-1-4-15(16)19/h1-2,4-7,10H,3,8-9,11H2. The van der Waals surface area contributed by atoms with Crippen molar-refractivity contribution in [2.75, 3.05) is 18.1 Å². The molecule has 0 aliphatic carbocycles. The van der Waals surface area contributed by atoms with Crippen molar-refractivity contribution in [1.29, 1.82) is 0 Å². The summed E-state index contributed by atoms with van der Waals surface area (Å²) in [5.74, 6) is 0.880. The largest absolute Gasteiger partial charge is 0.491 e. The number of fused-ring (bicyclic) bond motifs is 1. The van der Waals surface area contributed by atoms with Gasteiger partial charge in [0, 0.05) is 18.1 Å². The Balaban J connectivity index is 2.10. The third-order valence-corrected chi connectivity index (χ3v) is 3.70. The smallest absolute Gasteiger partial charge is 0.142 e. The number of ether oxygens (including phenoxy) is 1. The maximum Gasteiger partial charge on any atom is 0.142 e. The van der Waals surface area contributed by atoms with E-state index in [-0.39, 0.29) is 11.7 Å². The molecule has 2 aromatic rings. The molecule has 0 radical (unpaired) electrons. The molecule has 0 amide bonds. The van der Waals surface area contributed by atoms with Gasteiger partial charge in [0.2, 0.25) is 0 Å². The first kappa shape index (κ1) is 13.3. The van der Waals surface area contributed by atoms with Crippen LogP contribution in [0.15, 0.2) is 42.5 Å². The van der Waals surface area contributed by atoms with Crippen LogP contribution < -0.4 is 9.64 Å². The first-order valence-corrected chi connectivity index (χ1v) is 7.17. The molecule has 0 spiro atoms. The average molecular weight is 292 g/mol. The van der Waals surface area contributed by atoms with Crippen molar-refractivity contribution in [2.45, 2.75) is 12.3 Å². The molecule has 0 saturated carbocycles. The van der Waals surface area contributed by atoms with Crippen molar-refractivity contribution in [1.82, 2.24) is 0 Å². The molecule has 0 N–H and O–H groups in total. The molecule has 2 aromatic carbocycles. The number of alkyl halides is 1. The highest BCUT2D eigenvalue weighted by atomic mass is 35.5. The van der Waals surface area contributed by atoms with Crippen LogP contribution in [0.3, 0.4) is 0 Å². The molecule has 0 aromatic heterocycles. The maximum absolute atomic E-state index is 13.4. The van der Waals surface area contributed by atoms with Gasteiger partial charge in [-0.3, -0.25) is 0 Å². The molecule has 1 aliphatic rings. The molecule has 0 saturated heterocycles. The van der Waals surface area contributed by atoms with Crippen LogP contribution in [0, 0.1) is 5.82 Å². The number of nitrogens with zero attached hydrogens (tertiary/aromatic N) is 1. The van der Waals surface area contributed by atoms with E-state index in [4.69, 9.17) is 16.3 Å². The van der Waals surface area contributed by atoms with Gasteiger partial charge in [-0.05, 0) is 42.3 Å². The van der Waals surface area contributed by atoms with Gasteiger partial charge in [-0.2, -0.15) is 0 Å². The molecule has 2 nitrogen and oxygen atoms in total. The first-order valence-electron chi connectivity index (χ1n) is 6.63. The van der Waals surface area contributed by atoms with Crippen LogP contribution in [0.1, 0.15) is 12.0 Å². The second kappa shape index (κ2) is 5.71. The fraction of sp³-hybridized carbons (Fsp3) is 0.250. The Morgan fingerprint density at radius 2 is 2.00 bits per heavy atom. The molecule has 104 valence electrons. The SMILES string of the molecule is Fc1ccc(N2CCCOc3ccccc32)c(CCl)c1. The van der Waals surface area contributed by atoms with Crippen molar-refractivity contribution in [3.8, 4) is 5.75 Å². The fourth-order valence-electron chi connectivity index (χ4n) is 2.50. The molecular formula is C16H15ClFNO. The summed E-state index contributed by atoms with van der Waals surface area (Å²) in [4.78, 5) is 2.15. The third kappa shape index (κ3) is 2.46. The van der Waals surface area contributed by atoms with Gasteiger partial charge in [-0.15, -0.1) is 11.6 Å². The van der Waals surface area contributed by atoms with Crippen LogP contribution >= 0.6 is 11.6 Å². The zero-order valence-corrected chi connectivity index (χ0v) is 11.7. The van der Waals surface area contributed by atoms with Gasteiger partial charge in [0.15, 0.2) is 0 Å². The fourth-order valence-corrected chi connectivity index (χ4v) is 2.72. The normalized spacial score (nSPS) is 14.4. The van der Waals surface area contributed by atoms with Crippen molar-refractivity contribution in [2.24, 2.45) is 0 Å². The van der Waals surface area contributed by atoms with Gasteiger partial charge >= 0.3 is 0 Å². The Hall–Kier alpha value is -1.74. The summed E-state index contributed by atoms with van der Waals surface area (Å²) in [5.41, 5.74) is 2.74. The number of hydrogen-bond donors (Lipinski definition) is 0. The van der Waals surface area contributed by atoms with E-state index in [0.717, 1.165) is 35.7 Å². The lowest BCUT2D eigenvalue weighted by Gasteiger charge is -2.26. The zero-order chi connectivity index (χ0) is 13.9. The quantitative estimate of drug-likeness (QED) is 0.756. The average Bonchev–Trinajstić information content (AvgIpc) is 2.69. The van der Waals surface area contributed by atoms with Gasteiger partial charge in [-0.1, -0.05) is 12.1 Å². The molecule has 1 aliphatic heterocycles. The number of para-hydroxylation sites is 2. The van der Waals surface area contributed by atoms with E-state index >= 15 is 0 Å². The van der Waals surface area contributed by atoms with Crippen molar-refractivity contribution >= 4 is 23.0 Å². The Morgan fingerprint density at radius 3 is 2.85 bits per heavy atom. The number of rotatable bonds is 2. The molecule has 0 fully saturated rings. The highest BCUT2D eigenvalue weighted by Crippen LogP contribution is 2.37. The van der Waals surface area contributed by atoms with E-state index in [1.54, 1.807) is 6.07 Å². The molecule has 0 unspecified atom stereocenters. The predicted octanol–water partition coefficient (Wildman–Crippen LogP) is 4.49. The van der Waals surface area contributed by atoms with Crippen LogP contribution in [0.4, 0.5) is 15.8 Å². The van der Waals surface area contributed by atoms with Crippen LogP contribution in [0.25, 0.3) is 0 Å². The summed E-state index contributed by atoms with van der Waals surface area (Å²) >= 11 is 5.97. The third-order valence-electron chi connectivity index (χ3n) is 3.42. The second-order valence-corrected chi connectivity index (χ2v) is 5.00. The highest BCUT2D eigenvalue weighted by molar-refractivity contribution is 6.17. The predicted molar refractivity (Wildman–Crippen MR) is 79.5 cm³/mol. The maximum atomic E-state index is 13.4. The summed E-state index contributed by atoms with van der Waals surface area (Å²) in [5, 5.41) is 0. The van der Waals surface area contributed by atoms with Gasteiger partial charge in [0.25, 0.3) is 0 Å². The minimum absolute atomic E-state index is 0.260. The van der Waals surface area contributed by atoms with Gasteiger partial charge < -0.3 is 9.64 Å². The Bertz CT molecular complexity index is 617. The lowest BCUT2D eigenvalue weighted by molar-refractivity contribution is 0.322. The minimum atomic E-state index is -0.260. The number of hydrogen-bond acceptors (Lipinski definition) is 2. The van der Waals surface area contributed by atoms with Crippen LogP contribution in [0.5, 0.6) is 5.75 Å². The number of benzene rings is 2. The summed E-state index contributed by atoms with van der Waals surface area (Å²) in [6, 6.07) is 12.7.